The minimum atomic E-state index is -3.56. The molecule has 0 bridgehead atoms. The highest BCUT2D eigenvalue weighted by atomic mass is 32.2. The van der Waals surface area contributed by atoms with Crippen molar-refractivity contribution in [1.29, 1.82) is 0 Å². The van der Waals surface area contributed by atoms with E-state index in [9.17, 15) is 8.42 Å². The quantitative estimate of drug-likeness (QED) is 0.800. The number of hydrogen-bond donors (Lipinski definition) is 1. The molecule has 0 saturated carbocycles. The molecule has 99 valence electrons. The van der Waals surface area contributed by atoms with Crippen molar-refractivity contribution < 1.29 is 8.42 Å². The maximum Gasteiger partial charge on any atom is 0.261 e. The minimum absolute atomic E-state index is 0.202. The second-order valence-corrected chi connectivity index (χ2v) is 6.09. The predicted molar refractivity (Wildman–Crippen MR) is 80.0 cm³/mol. The summed E-state index contributed by atoms with van der Waals surface area (Å²) in [7, 11) is -3.56. The zero-order valence-electron chi connectivity index (χ0n) is 10.6. The molecular formula is C16H12NO2S. The molecule has 1 radical (unpaired) electrons. The van der Waals surface area contributed by atoms with E-state index in [0.717, 1.165) is 10.8 Å². The molecule has 0 fully saturated rings. The van der Waals surface area contributed by atoms with E-state index in [1.54, 1.807) is 24.3 Å². The normalized spacial score (nSPS) is 11.4. The van der Waals surface area contributed by atoms with Crippen molar-refractivity contribution >= 4 is 26.5 Å². The van der Waals surface area contributed by atoms with Crippen LogP contribution in [0.15, 0.2) is 71.6 Å². The van der Waals surface area contributed by atoms with Crippen LogP contribution < -0.4 is 4.72 Å². The number of nitrogens with one attached hydrogen (secondary N) is 1. The summed E-state index contributed by atoms with van der Waals surface area (Å²) < 4.78 is 27.0. The number of sulfonamides is 1. The Kier molecular flexibility index (Phi) is 3.16. The fourth-order valence-corrected chi connectivity index (χ4v) is 3.05. The van der Waals surface area contributed by atoms with Crippen molar-refractivity contribution in [2.24, 2.45) is 0 Å². The average molecular weight is 282 g/mol. The summed E-state index contributed by atoms with van der Waals surface area (Å²) in [4.78, 5) is 0.202. The summed E-state index contributed by atoms with van der Waals surface area (Å²) in [5.74, 6) is 0. The van der Waals surface area contributed by atoms with Gasteiger partial charge in [0.25, 0.3) is 10.0 Å². The van der Waals surface area contributed by atoms with Crippen molar-refractivity contribution in [3.05, 3.63) is 72.8 Å². The van der Waals surface area contributed by atoms with Crippen LogP contribution in [0.1, 0.15) is 0 Å². The Morgan fingerprint density at radius 3 is 2.45 bits per heavy atom. The topological polar surface area (TPSA) is 46.2 Å². The van der Waals surface area contributed by atoms with Gasteiger partial charge < -0.3 is 0 Å². The molecule has 0 aliphatic heterocycles. The van der Waals surface area contributed by atoms with E-state index in [2.05, 4.69) is 10.8 Å². The van der Waals surface area contributed by atoms with Crippen molar-refractivity contribution in [1.82, 2.24) is 0 Å². The highest BCUT2D eigenvalue weighted by Gasteiger charge is 2.13. The summed E-state index contributed by atoms with van der Waals surface area (Å²) in [5.41, 5.74) is 0.549. The third-order valence-electron chi connectivity index (χ3n) is 2.99. The summed E-state index contributed by atoms with van der Waals surface area (Å²) in [6, 6.07) is 22.3. The second-order valence-electron chi connectivity index (χ2n) is 4.41. The first-order valence-electron chi connectivity index (χ1n) is 6.13. The Hall–Kier alpha value is -2.33. The SMILES string of the molecule is O=S(=O)(Nc1ccc2ccccc2c1)c1c[c]ccc1. The van der Waals surface area contributed by atoms with Crippen LogP contribution in [0.5, 0.6) is 0 Å². The molecule has 0 spiro atoms. The molecule has 3 nitrogen and oxygen atoms in total. The van der Waals surface area contributed by atoms with Gasteiger partial charge in [-0.25, -0.2) is 8.42 Å². The molecule has 0 aliphatic rings. The van der Waals surface area contributed by atoms with E-state index in [1.807, 2.05) is 36.4 Å². The van der Waals surface area contributed by atoms with Crippen molar-refractivity contribution in [3.8, 4) is 0 Å². The van der Waals surface area contributed by atoms with Gasteiger partial charge in [-0.2, -0.15) is 0 Å². The molecule has 0 unspecified atom stereocenters. The van der Waals surface area contributed by atoms with Crippen molar-refractivity contribution in [3.63, 3.8) is 0 Å². The largest absolute Gasteiger partial charge is 0.280 e. The molecule has 4 heteroatoms. The summed E-state index contributed by atoms with van der Waals surface area (Å²) in [6.45, 7) is 0. The first kappa shape index (κ1) is 12.7. The second kappa shape index (κ2) is 4.98. The zero-order valence-corrected chi connectivity index (χ0v) is 11.4. The first-order chi connectivity index (χ1) is 9.65. The number of benzene rings is 3. The van der Waals surface area contributed by atoms with Crippen LogP contribution in [0.4, 0.5) is 5.69 Å². The lowest BCUT2D eigenvalue weighted by atomic mass is 10.1. The Labute approximate surface area is 117 Å². The molecule has 0 atom stereocenters. The third-order valence-corrected chi connectivity index (χ3v) is 4.37. The molecule has 0 amide bonds. The van der Waals surface area contributed by atoms with E-state index in [1.165, 1.54) is 6.07 Å². The molecule has 0 aliphatic carbocycles. The summed E-state index contributed by atoms with van der Waals surface area (Å²) in [5, 5.41) is 2.07. The maximum atomic E-state index is 12.2. The fraction of sp³-hybridized carbons (Fsp3) is 0. The van der Waals surface area contributed by atoms with Gasteiger partial charge in [-0.05, 0) is 41.1 Å². The number of anilines is 1. The summed E-state index contributed by atoms with van der Waals surface area (Å²) >= 11 is 0. The maximum absolute atomic E-state index is 12.2. The van der Waals surface area contributed by atoms with E-state index in [0.29, 0.717) is 5.69 Å². The standard InChI is InChI=1S/C16H12NO2S/c18-20(19,16-8-2-1-3-9-16)17-15-11-10-13-6-4-5-7-14(13)12-15/h1-2,4-12,17H. The molecule has 3 aromatic carbocycles. The highest BCUT2D eigenvalue weighted by Crippen LogP contribution is 2.21. The lowest BCUT2D eigenvalue weighted by molar-refractivity contribution is 0.601. The van der Waals surface area contributed by atoms with Gasteiger partial charge in [0.2, 0.25) is 0 Å². The van der Waals surface area contributed by atoms with Gasteiger partial charge in [0.15, 0.2) is 0 Å². The van der Waals surface area contributed by atoms with Crippen molar-refractivity contribution in [2.45, 2.75) is 4.90 Å². The van der Waals surface area contributed by atoms with Gasteiger partial charge in [0, 0.05) is 5.69 Å². The predicted octanol–water partition coefficient (Wildman–Crippen LogP) is 3.44. The van der Waals surface area contributed by atoms with Crippen LogP contribution in [-0.2, 0) is 10.0 Å². The van der Waals surface area contributed by atoms with Crippen molar-refractivity contribution in [2.75, 3.05) is 4.72 Å². The van der Waals surface area contributed by atoms with Gasteiger partial charge in [-0.1, -0.05) is 42.5 Å². The van der Waals surface area contributed by atoms with E-state index < -0.39 is 10.0 Å². The molecule has 3 rings (SSSR count). The van der Waals surface area contributed by atoms with Crippen LogP contribution in [0.25, 0.3) is 10.8 Å². The van der Waals surface area contributed by atoms with E-state index >= 15 is 0 Å². The monoisotopic (exact) mass is 282 g/mol. The van der Waals surface area contributed by atoms with Crippen LogP contribution >= 0.6 is 0 Å². The summed E-state index contributed by atoms with van der Waals surface area (Å²) in [6.07, 6.45) is 0. The molecule has 0 saturated heterocycles. The average Bonchev–Trinajstić information content (AvgIpc) is 2.48. The van der Waals surface area contributed by atoms with Crippen LogP contribution in [0.2, 0.25) is 0 Å². The zero-order chi connectivity index (χ0) is 14.0. The Bertz CT molecular complexity index is 842. The Morgan fingerprint density at radius 2 is 1.70 bits per heavy atom. The van der Waals surface area contributed by atoms with Gasteiger partial charge in [0.05, 0.1) is 4.90 Å². The Morgan fingerprint density at radius 1 is 0.900 bits per heavy atom. The van der Waals surface area contributed by atoms with Gasteiger partial charge in [-0.3, -0.25) is 4.72 Å². The lowest BCUT2D eigenvalue weighted by Gasteiger charge is -2.08. The number of hydrogen-bond acceptors (Lipinski definition) is 2. The van der Waals surface area contributed by atoms with Gasteiger partial charge >= 0.3 is 0 Å². The fourth-order valence-electron chi connectivity index (χ4n) is 2.01. The van der Waals surface area contributed by atoms with E-state index in [4.69, 9.17) is 0 Å². The Balaban J connectivity index is 1.97. The molecule has 20 heavy (non-hydrogen) atoms. The third kappa shape index (κ3) is 2.51. The van der Waals surface area contributed by atoms with Crippen LogP contribution in [0, 0.1) is 6.07 Å². The van der Waals surface area contributed by atoms with Gasteiger partial charge in [-0.15, -0.1) is 0 Å². The number of fused-ring (bicyclic) bond motifs is 1. The lowest BCUT2D eigenvalue weighted by Crippen LogP contribution is -2.12. The number of rotatable bonds is 3. The minimum Gasteiger partial charge on any atom is -0.280 e. The van der Waals surface area contributed by atoms with Crippen LogP contribution in [-0.4, -0.2) is 8.42 Å². The molecular weight excluding hydrogens is 270 g/mol. The highest BCUT2D eigenvalue weighted by molar-refractivity contribution is 7.92. The van der Waals surface area contributed by atoms with E-state index in [-0.39, 0.29) is 4.90 Å². The first-order valence-corrected chi connectivity index (χ1v) is 7.61. The van der Waals surface area contributed by atoms with Crippen LogP contribution in [0.3, 0.4) is 0 Å². The smallest absolute Gasteiger partial charge is 0.261 e. The molecule has 0 heterocycles. The molecule has 0 aromatic heterocycles. The molecule has 3 aromatic rings. The molecule has 1 N–H and O–H groups in total. The van der Waals surface area contributed by atoms with Gasteiger partial charge in [0.1, 0.15) is 0 Å².